The molecule has 1 aliphatic carbocycles. The standard InChI is InChI=1S/C17H25N3/c1-3-20(15-8-9-15)11-10-18-12-14-13-19(2)17-7-5-4-6-16(14)17/h4-7,13,15,18H,3,8-12H2,1-2H3. The van der Waals surface area contributed by atoms with E-state index in [4.69, 9.17) is 0 Å². The molecule has 1 aliphatic rings. The molecule has 0 amide bonds. The van der Waals surface area contributed by atoms with Crippen LogP contribution in [0.25, 0.3) is 10.9 Å². The summed E-state index contributed by atoms with van der Waals surface area (Å²) in [5.41, 5.74) is 2.72. The van der Waals surface area contributed by atoms with Gasteiger partial charge in [-0.3, -0.25) is 4.90 Å². The van der Waals surface area contributed by atoms with Gasteiger partial charge < -0.3 is 9.88 Å². The van der Waals surface area contributed by atoms with Crippen molar-refractivity contribution >= 4 is 10.9 Å². The zero-order valence-electron chi connectivity index (χ0n) is 12.6. The molecule has 1 N–H and O–H groups in total. The van der Waals surface area contributed by atoms with E-state index in [1.54, 1.807) is 0 Å². The third-order valence-corrected chi connectivity index (χ3v) is 4.34. The van der Waals surface area contributed by atoms with Crippen LogP contribution in [0.5, 0.6) is 0 Å². The highest BCUT2D eigenvalue weighted by Crippen LogP contribution is 2.26. The predicted molar refractivity (Wildman–Crippen MR) is 84.9 cm³/mol. The van der Waals surface area contributed by atoms with E-state index in [-0.39, 0.29) is 0 Å². The van der Waals surface area contributed by atoms with E-state index in [0.717, 1.165) is 19.1 Å². The van der Waals surface area contributed by atoms with Crippen molar-refractivity contribution in [1.82, 2.24) is 14.8 Å². The largest absolute Gasteiger partial charge is 0.350 e. The summed E-state index contributed by atoms with van der Waals surface area (Å²) >= 11 is 0. The van der Waals surface area contributed by atoms with Crippen LogP contribution < -0.4 is 5.32 Å². The van der Waals surface area contributed by atoms with Gasteiger partial charge in [-0.2, -0.15) is 0 Å². The number of rotatable bonds is 7. The number of hydrogen-bond acceptors (Lipinski definition) is 2. The molecule has 0 atom stereocenters. The fourth-order valence-electron chi connectivity index (χ4n) is 3.05. The summed E-state index contributed by atoms with van der Waals surface area (Å²) in [5.74, 6) is 0. The van der Waals surface area contributed by atoms with Crippen molar-refractivity contribution in [2.75, 3.05) is 19.6 Å². The van der Waals surface area contributed by atoms with E-state index >= 15 is 0 Å². The average Bonchev–Trinajstić information content (AvgIpc) is 3.26. The molecule has 0 unspecified atom stereocenters. The Morgan fingerprint density at radius 1 is 1.30 bits per heavy atom. The van der Waals surface area contributed by atoms with E-state index in [1.807, 2.05) is 0 Å². The Morgan fingerprint density at radius 3 is 2.85 bits per heavy atom. The van der Waals surface area contributed by atoms with Crippen molar-refractivity contribution in [3.8, 4) is 0 Å². The lowest BCUT2D eigenvalue weighted by Gasteiger charge is -2.19. The first-order valence-corrected chi connectivity index (χ1v) is 7.77. The Morgan fingerprint density at radius 2 is 2.10 bits per heavy atom. The number of aromatic nitrogens is 1. The second-order valence-electron chi connectivity index (χ2n) is 5.82. The Kier molecular flexibility index (Phi) is 4.08. The Labute approximate surface area is 121 Å². The van der Waals surface area contributed by atoms with Crippen LogP contribution in [0.15, 0.2) is 30.5 Å². The van der Waals surface area contributed by atoms with Gasteiger partial charge in [0.2, 0.25) is 0 Å². The smallest absolute Gasteiger partial charge is 0.0481 e. The lowest BCUT2D eigenvalue weighted by Crippen LogP contribution is -2.33. The molecule has 0 bridgehead atoms. The van der Waals surface area contributed by atoms with Gasteiger partial charge in [-0.15, -0.1) is 0 Å². The first-order valence-electron chi connectivity index (χ1n) is 7.77. The summed E-state index contributed by atoms with van der Waals surface area (Å²) in [6.07, 6.45) is 5.05. The number of aryl methyl sites for hydroxylation is 1. The zero-order valence-corrected chi connectivity index (χ0v) is 12.6. The molecular formula is C17H25N3. The predicted octanol–water partition coefficient (Wildman–Crippen LogP) is 2.75. The molecule has 0 saturated heterocycles. The zero-order chi connectivity index (χ0) is 13.9. The highest BCUT2D eigenvalue weighted by molar-refractivity contribution is 5.83. The third kappa shape index (κ3) is 2.89. The van der Waals surface area contributed by atoms with Crippen LogP contribution in [0, 0.1) is 0 Å². The van der Waals surface area contributed by atoms with Crippen LogP contribution >= 0.6 is 0 Å². The van der Waals surface area contributed by atoms with Gasteiger partial charge >= 0.3 is 0 Å². The number of benzene rings is 1. The topological polar surface area (TPSA) is 20.2 Å². The maximum Gasteiger partial charge on any atom is 0.0481 e. The van der Waals surface area contributed by atoms with Gasteiger partial charge in [0.15, 0.2) is 0 Å². The lowest BCUT2D eigenvalue weighted by molar-refractivity contribution is 0.277. The number of hydrogen-bond donors (Lipinski definition) is 1. The van der Waals surface area contributed by atoms with Crippen LogP contribution in [0.3, 0.4) is 0 Å². The second kappa shape index (κ2) is 5.98. The van der Waals surface area contributed by atoms with Gasteiger partial charge in [0.05, 0.1) is 0 Å². The van der Waals surface area contributed by atoms with Crippen molar-refractivity contribution in [2.45, 2.75) is 32.4 Å². The van der Waals surface area contributed by atoms with Crippen molar-refractivity contribution in [1.29, 1.82) is 0 Å². The molecule has 108 valence electrons. The number of nitrogens with one attached hydrogen (secondary N) is 1. The quantitative estimate of drug-likeness (QED) is 0.781. The minimum absolute atomic E-state index is 0.874. The minimum Gasteiger partial charge on any atom is -0.350 e. The molecule has 1 aromatic heterocycles. The molecule has 0 radical (unpaired) electrons. The molecule has 3 nitrogen and oxygen atoms in total. The van der Waals surface area contributed by atoms with E-state index in [1.165, 1.54) is 42.4 Å². The van der Waals surface area contributed by atoms with Gasteiger partial charge in [-0.05, 0) is 31.0 Å². The van der Waals surface area contributed by atoms with Gasteiger partial charge in [-0.25, -0.2) is 0 Å². The molecule has 2 aromatic rings. The van der Waals surface area contributed by atoms with E-state index in [0.29, 0.717) is 0 Å². The molecule has 3 heteroatoms. The van der Waals surface area contributed by atoms with Crippen LogP contribution in [0.1, 0.15) is 25.3 Å². The molecule has 1 heterocycles. The summed E-state index contributed by atoms with van der Waals surface area (Å²) in [4.78, 5) is 2.59. The molecule has 0 aliphatic heterocycles. The molecule has 0 spiro atoms. The van der Waals surface area contributed by atoms with Crippen molar-refractivity contribution in [3.63, 3.8) is 0 Å². The Hall–Kier alpha value is -1.32. The van der Waals surface area contributed by atoms with E-state index in [9.17, 15) is 0 Å². The molecule has 3 rings (SSSR count). The maximum atomic E-state index is 3.60. The van der Waals surface area contributed by atoms with Gasteiger partial charge in [0.1, 0.15) is 0 Å². The van der Waals surface area contributed by atoms with Crippen LogP contribution in [-0.2, 0) is 13.6 Å². The van der Waals surface area contributed by atoms with Crippen LogP contribution in [0.4, 0.5) is 0 Å². The molecular weight excluding hydrogens is 246 g/mol. The van der Waals surface area contributed by atoms with Gasteiger partial charge in [-0.1, -0.05) is 25.1 Å². The van der Waals surface area contributed by atoms with Crippen molar-refractivity contribution < 1.29 is 0 Å². The molecule has 1 fully saturated rings. The van der Waals surface area contributed by atoms with E-state index in [2.05, 4.69) is 59.2 Å². The number of likely N-dealkylation sites (N-methyl/N-ethyl adjacent to an activating group) is 1. The van der Waals surface area contributed by atoms with Crippen LogP contribution in [-0.4, -0.2) is 35.1 Å². The SMILES string of the molecule is CCN(CCNCc1cn(C)c2ccccc12)C1CC1. The first-order chi connectivity index (χ1) is 9.79. The summed E-state index contributed by atoms with van der Waals surface area (Å²) in [6, 6.07) is 9.51. The third-order valence-electron chi connectivity index (χ3n) is 4.34. The second-order valence-corrected chi connectivity index (χ2v) is 5.82. The number of nitrogens with zero attached hydrogens (tertiary/aromatic N) is 2. The van der Waals surface area contributed by atoms with Gasteiger partial charge in [0.25, 0.3) is 0 Å². The number of para-hydroxylation sites is 1. The molecule has 1 saturated carbocycles. The number of fused-ring (bicyclic) bond motifs is 1. The summed E-state index contributed by atoms with van der Waals surface area (Å²) in [6.45, 7) is 6.66. The highest BCUT2D eigenvalue weighted by Gasteiger charge is 2.26. The first kappa shape index (κ1) is 13.7. The van der Waals surface area contributed by atoms with Crippen molar-refractivity contribution in [3.05, 3.63) is 36.0 Å². The fourth-order valence-corrected chi connectivity index (χ4v) is 3.05. The molecule has 1 aromatic carbocycles. The van der Waals surface area contributed by atoms with Crippen LogP contribution in [0.2, 0.25) is 0 Å². The Balaban J connectivity index is 1.54. The summed E-state index contributed by atoms with van der Waals surface area (Å²) < 4.78 is 2.22. The minimum atomic E-state index is 0.874. The Bertz CT molecular complexity index is 569. The van der Waals surface area contributed by atoms with Gasteiger partial charge in [0, 0.05) is 49.8 Å². The summed E-state index contributed by atoms with van der Waals surface area (Å²) in [5, 5.41) is 4.97. The average molecular weight is 271 g/mol. The lowest BCUT2D eigenvalue weighted by atomic mass is 10.2. The maximum absolute atomic E-state index is 3.60. The normalized spacial score (nSPS) is 15.3. The van der Waals surface area contributed by atoms with Crippen molar-refractivity contribution in [2.24, 2.45) is 7.05 Å². The van der Waals surface area contributed by atoms with E-state index < -0.39 is 0 Å². The highest BCUT2D eigenvalue weighted by atomic mass is 15.2. The fraction of sp³-hybridized carbons (Fsp3) is 0.529. The summed E-state index contributed by atoms with van der Waals surface area (Å²) in [7, 11) is 2.12. The molecule has 20 heavy (non-hydrogen) atoms. The monoisotopic (exact) mass is 271 g/mol.